The van der Waals surface area contributed by atoms with Crippen LogP contribution >= 0.6 is 0 Å². The predicted molar refractivity (Wildman–Crippen MR) is 58.9 cm³/mol. The Hall–Kier alpha value is -0.160. The molecule has 88 valence electrons. The molecule has 0 aromatic rings. The molecule has 0 spiro atoms. The second-order valence-corrected chi connectivity index (χ2v) is 4.87. The molecule has 3 atom stereocenters. The van der Waals surface area contributed by atoms with Crippen molar-refractivity contribution in [1.29, 1.82) is 0 Å². The number of hydrogen-bond donors (Lipinski definition) is 2. The summed E-state index contributed by atoms with van der Waals surface area (Å²) in [5, 5.41) is 12.9. The average Bonchev–Trinajstić information content (AvgIpc) is 2.99. The van der Waals surface area contributed by atoms with Crippen LogP contribution in [0.1, 0.15) is 19.8 Å². The molecule has 1 aliphatic carbocycles. The standard InChI is InChI=1S/C11H22N2O2/c1-8(13(2)9-3-4-9)5-12-10-6-15-7-11(10)14/h8-12,14H,3-7H2,1-2H3. The number of ether oxygens (including phenoxy) is 1. The molecule has 0 amide bonds. The lowest BCUT2D eigenvalue weighted by molar-refractivity contribution is 0.121. The summed E-state index contributed by atoms with van der Waals surface area (Å²) in [6.45, 7) is 4.27. The summed E-state index contributed by atoms with van der Waals surface area (Å²) >= 11 is 0. The Morgan fingerprint density at radius 3 is 2.73 bits per heavy atom. The normalized spacial score (nSPS) is 33.6. The maximum Gasteiger partial charge on any atom is 0.0948 e. The zero-order valence-electron chi connectivity index (χ0n) is 9.65. The van der Waals surface area contributed by atoms with Crippen molar-refractivity contribution in [1.82, 2.24) is 10.2 Å². The van der Waals surface area contributed by atoms with E-state index in [2.05, 4.69) is 24.2 Å². The van der Waals surface area contributed by atoms with Crippen LogP contribution in [-0.4, -0.2) is 61.0 Å². The summed E-state index contributed by atoms with van der Waals surface area (Å²) in [5.74, 6) is 0. The van der Waals surface area contributed by atoms with E-state index in [-0.39, 0.29) is 12.1 Å². The summed E-state index contributed by atoms with van der Waals surface area (Å²) < 4.78 is 5.20. The lowest BCUT2D eigenvalue weighted by Crippen LogP contribution is -2.46. The maximum atomic E-state index is 9.56. The van der Waals surface area contributed by atoms with Crippen molar-refractivity contribution in [3.05, 3.63) is 0 Å². The highest BCUT2D eigenvalue weighted by Crippen LogP contribution is 2.26. The topological polar surface area (TPSA) is 44.7 Å². The quantitative estimate of drug-likeness (QED) is 0.666. The Kier molecular flexibility index (Phi) is 3.61. The first-order valence-corrected chi connectivity index (χ1v) is 5.89. The third-order valence-corrected chi connectivity index (χ3v) is 3.54. The van der Waals surface area contributed by atoms with Gasteiger partial charge in [0, 0.05) is 18.6 Å². The van der Waals surface area contributed by atoms with Crippen LogP contribution in [0, 0.1) is 0 Å². The molecule has 3 unspecified atom stereocenters. The van der Waals surface area contributed by atoms with Crippen LogP contribution in [0.25, 0.3) is 0 Å². The molecular weight excluding hydrogens is 192 g/mol. The van der Waals surface area contributed by atoms with Crippen LogP contribution in [0.2, 0.25) is 0 Å². The van der Waals surface area contributed by atoms with E-state index < -0.39 is 0 Å². The molecule has 15 heavy (non-hydrogen) atoms. The number of nitrogens with one attached hydrogen (secondary N) is 1. The molecular formula is C11H22N2O2. The summed E-state index contributed by atoms with van der Waals surface area (Å²) in [6, 6.07) is 1.46. The Morgan fingerprint density at radius 1 is 1.47 bits per heavy atom. The fourth-order valence-corrected chi connectivity index (χ4v) is 2.05. The number of hydrogen-bond acceptors (Lipinski definition) is 4. The van der Waals surface area contributed by atoms with E-state index in [9.17, 15) is 5.11 Å². The lowest BCUT2D eigenvalue weighted by atomic mass is 10.2. The summed E-state index contributed by atoms with van der Waals surface area (Å²) in [7, 11) is 2.19. The third kappa shape index (κ3) is 2.91. The smallest absolute Gasteiger partial charge is 0.0948 e. The molecule has 2 N–H and O–H groups in total. The Balaban J connectivity index is 1.67. The summed E-state index contributed by atoms with van der Waals surface area (Å²) in [5.41, 5.74) is 0. The van der Waals surface area contributed by atoms with Gasteiger partial charge in [0.05, 0.1) is 25.4 Å². The van der Waals surface area contributed by atoms with E-state index in [1.807, 2.05) is 0 Å². The number of nitrogens with zero attached hydrogens (tertiary/aromatic N) is 1. The van der Waals surface area contributed by atoms with Crippen LogP contribution in [0.5, 0.6) is 0 Å². The van der Waals surface area contributed by atoms with E-state index in [0.717, 1.165) is 12.6 Å². The van der Waals surface area contributed by atoms with Gasteiger partial charge in [0.15, 0.2) is 0 Å². The highest BCUT2D eigenvalue weighted by atomic mass is 16.5. The van der Waals surface area contributed by atoms with E-state index in [4.69, 9.17) is 4.74 Å². The molecule has 2 fully saturated rings. The minimum atomic E-state index is -0.330. The molecule has 1 saturated heterocycles. The molecule has 1 aliphatic heterocycles. The second-order valence-electron chi connectivity index (χ2n) is 4.87. The molecule has 0 radical (unpaired) electrons. The van der Waals surface area contributed by atoms with E-state index in [0.29, 0.717) is 19.3 Å². The van der Waals surface area contributed by atoms with Gasteiger partial charge in [0.1, 0.15) is 0 Å². The van der Waals surface area contributed by atoms with Gasteiger partial charge in [-0.1, -0.05) is 0 Å². The fourth-order valence-electron chi connectivity index (χ4n) is 2.05. The van der Waals surface area contributed by atoms with E-state index >= 15 is 0 Å². The number of likely N-dealkylation sites (N-methyl/N-ethyl adjacent to an activating group) is 1. The zero-order chi connectivity index (χ0) is 10.8. The average molecular weight is 214 g/mol. The van der Waals surface area contributed by atoms with Crippen molar-refractivity contribution < 1.29 is 9.84 Å². The van der Waals surface area contributed by atoms with Crippen molar-refractivity contribution >= 4 is 0 Å². The lowest BCUT2D eigenvalue weighted by Gasteiger charge is -2.26. The number of aliphatic hydroxyl groups is 1. The fraction of sp³-hybridized carbons (Fsp3) is 1.00. The SMILES string of the molecule is CC(CNC1COCC1O)N(C)C1CC1. The highest BCUT2D eigenvalue weighted by Gasteiger charge is 2.30. The minimum Gasteiger partial charge on any atom is -0.389 e. The van der Waals surface area contributed by atoms with Crippen LogP contribution in [-0.2, 0) is 4.74 Å². The molecule has 0 bridgehead atoms. The van der Waals surface area contributed by atoms with Crippen LogP contribution in [0.15, 0.2) is 0 Å². The first-order chi connectivity index (χ1) is 7.18. The van der Waals surface area contributed by atoms with Gasteiger partial charge < -0.3 is 15.2 Å². The first kappa shape index (κ1) is 11.3. The van der Waals surface area contributed by atoms with Crippen molar-refractivity contribution in [3.8, 4) is 0 Å². The van der Waals surface area contributed by atoms with Crippen molar-refractivity contribution in [2.45, 2.75) is 44.0 Å². The van der Waals surface area contributed by atoms with Gasteiger partial charge in [-0.3, -0.25) is 4.90 Å². The maximum absolute atomic E-state index is 9.56. The van der Waals surface area contributed by atoms with Gasteiger partial charge in [-0.05, 0) is 26.8 Å². The highest BCUT2D eigenvalue weighted by molar-refractivity contribution is 4.87. The van der Waals surface area contributed by atoms with E-state index in [1.54, 1.807) is 0 Å². The van der Waals surface area contributed by atoms with Gasteiger partial charge >= 0.3 is 0 Å². The van der Waals surface area contributed by atoms with Crippen LogP contribution < -0.4 is 5.32 Å². The van der Waals surface area contributed by atoms with Crippen LogP contribution in [0.4, 0.5) is 0 Å². The molecule has 1 heterocycles. The molecule has 0 aromatic carbocycles. The van der Waals surface area contributed by atoms with Gasteiger partial charge in [-0.25, -0.2) is 0 Å². The van der Waals surface area contributed by atoms with Gasteiger partial charge in [0.2, 0.25) is 0 Å². The molecule has 4 heteroatoms. The first-order valence-electron chi connectivity index (χ1n) is 5.89. The summed E-state index contributed by atoms with van der Waals surface area (Å²) in [4.78, 5) is 2.43. The van der Waals surface area contributed by atoms with Crippen molar-refractivity contribution in [3.63, 3.8) is 0 Å². The monoisotopic (exact) mass is 214 g/mol. The molecule has 2 rings (SSSR count). The Labute approximate surface area is 91.6 Å². The van der Waals surface area contributed by atoms with E-state index in [1.165, 1.54) is 12.8 Å². The Bertz CT molecular complexity index is 209. The predicted octanol–water partition coefficient (Wildman–Crippen LogP) is -0.182. The number of aliphatic hydroxyl groups excluding tert-OH is 1. The molecule has 1 saturated carbocycles. The Morgan fingerprint density at radius 2 is 2.20 bits per heavy atom. The van der Waals surface area contributed by atoms with Gasteiger partial charge in [-0.2, -0.15) is 0 Å². The summed E-state index contributed by atoms with van der Waals surface area (Å²) in [6.07, 6.45) is 2.36. The van der Waals surface area contributed by atoms with Gasteiger partial charge in [-0.15, -0.1) is 0 Å². The second kappa shape index (κ2) is 4.78. The van der Waals surface area contributed by atoms with Gasteiger partial charge in [0.25, 0.3) is 0 Å². The molecule has 4 nitrogen and oxygen atoms in total. The van der Waals surface area contributed by atoms with Crippen molar-refractivity contribution in [2.75, 3.05) is 26.8 Å². The molecule has 2 aliphatic rings. The zero-order valence-corrected chi connectivity index (χ0v) is 9.65. The molecule has 0 aromatic heterocycles. The third-order valence-electron chi connectivity index (χ3n) is 3.54. The van der Waals surface area contributed by atoms with Crippen molar-refractivity contribution in [2.24, 2.45) is 0 Å². The minimum absolute atomic E-state index is 0.125. The van der Waals surface area contributed by atoms with Crippen LogP contribution in [0.3, 0.4) is 0 Å². The number of rotatable bonds is 5. The largest absolute Gasteiger partial charge is 0.389 e.